The van der Waals surface area contributed by atoms with E-state index >= 15 is 0 Å². The molecule has 4 rings (SSSR count). The molecule has 1 saturated carbocycles. The third-order valence-corrected chi connectivity index (χ3v) is 9.89. The Morgan fingerprint density at radius 3 is 2.10 bits per heavy atom. The van der Waals surface area contributed by atoms with Crippen molar-refractivity contribution in [3.63, 3.8) is 0 Å². The van der Waals surface area contributed by atoms with Crippen LogP contribution in [0.2, 0.25) is 20.1 Å². The van der Waals surface area contributed by atoms with Crippen LogP contribution in [0.1, 0.15) is 36.8 Å². The van der Waals surface area contributed by atoms with Crippen LogP contribution in [0, 0.1) is 0 Å². The largest absolute Gasteiger partial charge is 0.352 e. The van der Waals surface area contributed by atoms with Crippen LogP contribution in [0.5, 0.6) is 0 Å². The third kappa shape index (κ3) is 8.11. The molecule has 224 valence electrons. The molecule has 0 unspecified atom stereocenters. The van der Waals surface area contributed by atoms with Crippen LogP contribution in [-0.4, -0.2) is 50.0 Å². The predicted molar refractivity (Wildman–Crippen MR) is 170 cm³/mol. The third-order valence-electron chi connectivity index (χ3n) is 7.24. The first kappa shape index (κ1) is 32.4. The van der Waals surface area contributed by atoms with Gasteiger partial charge < -0.3 is 10.2 Å². The lowest BCUT2D eigenvalue weighted by atomic mass is 10.0. The minimum absolute atomic E-state index is 0.00517. The maximum atomic E-state index is 14.2. The number of benzene rings is 3. The molecule has 0 bridgehead atoms. The number of anilines is 1. The van der Waals surface area contributed by atoms with Gasteiger partial charge in [-0.05, 0) is 42.7 Å². The Morgan fingerprint density at radius 2 is 1.48 bits per heavy atom. The standard InChI is InChI=1S/C30H31Cl4N3O4S/c1-42(40,41)37(26-16-8-15-25(33)29(26)34)19-28(38)36(18-22-23(31)13-7-14-24(22)32)27(17-20-9-3-2-4-10-20)30(39)35-21-11-5-6-12-21/h2-4,7-10,13-16,21,27H,5-6,11-12,17-19H2,1H3,(H,35,39)/t27-/m0/s1. The van der Waals surface area contributed by atoms with Crippen molar-refractivity contribution >= 4 is 73.9 Å². The molecule has 3 aromatic carbocycles. The van der Waals surface area contributed by atoms with E-state index in [0.717, 1.165) is 41.8 Å². The average molecular weight is 671 g/mol. The van der Waals surface area contributed by atoms with Gasteiger partial charge in [0, 0.05) is 34.6 Å². The van der Waals surface area contributed by atoms with Gasteiger partial charge in [-0.1, -0.05) is 102 Å². The lowest BCUT2D eigenvalue weighted by molar-refractivity contribution is -0.140. The zero-order valence-corrected chi connectivity index (χ0v) is 26.7. The van der Waals surface area contributed by atoms with Gasteiger partial charge in [-0.2, -0.15) is 0 Å². The number of carbonyl (C=O) groups is 2. The summed E-state index contributed by atoms with van der Waals surface area (Å²) in [7, 11) is -4.01. The Morgan fingerprint density at radius 1 is 0.881 bits per heavy atom. The molecule has 1 atom stereocenters. The molecule has 3 aromatic rings. The molecular weight excluding hydrogens is 640 g/mol. The van der Waals surface area contributed by atoms with E-state index in [1.54, 1.807) is 24.3 Å². The minimum atomic E-state index is -4.01. The van der Waals surface area contributed by atoms with Crippen molar-refractivity contribution in [3.05, 3.63) is 97.9 Å². The summed E-state index contributed by atoms with van der Waals surface area (Å²) in [6.45, 7) is -0.767. The summed E-state index contributed by atoms with van der Waals surface area (Å²) in [6.07, 6.45) is 4.88. The van der Waals surface area contributed by atoms with E-state index in [0.29, 0.717) is 15.6 Å². The van der Waals surface area contributed by atoms with Crippen LogP contribution in [-0.2, 0) is 32.6 Å². The van der Waals surface area contributed by atoms with Gasteiger partial charge in [0.25, 0.3) is 0 Å². The molecule has 1 aliphatic carbocycles. The van der Waals surface area contributed by atoms with E-state index in [1.165, 1.54) is 17.0 Å². The van der Waals surface area contributed by atoms with Crippen LogP contribution >= 0.6 is 46.4 Å². The molecule has 12 heteroatoms. The van der Waals surface area contributed by atoms with Gasteiger partial charge in [-0.3, -0.25) is 13.9 Å². The molecule has 1 aliphatic rings. The maximum absolute atomic E-state index is 14.2. The number of carbonyl (C=O) groups excluding carboxylic acids is 2. The molecule has 0 spiro atoms. The molecule has 0 heterocycles. The molecule has 2 amide bonds. The van der Waals surface area contributed by atoms with Gasteiger partial charge in [0.05, 0.1) is 22.0 Å². The Bertz CT molecular complexity index is 1510. The van der Waals surface area contributed by atoms with Gasteiger partial charge in [0.1, 0.15) is 12.6 Å². The molecular formula is C30H31Cl4N3O4S. The predicted octanol–water partition coefficient (Wildman–Crippen LogP) is 6.77. The number of rotatable bonds is 11. The van der Waals surface area contributed by atoms with Gasteiger partial charge in [0.15, 0.2) is 0 Å². The van der Waals surface area contributed by atoms with Crippen molar-refractivity contribution in [2.75, 3.05) is 17.1 Å². The van der Waals surface area contributed by atoms with E-state index in [4.69, 9.17) is 46.4 Å². The van der Waals surface area contributed by atoms with Crippen LogP contribution in [0.15, 0.2) is 66.7 Å². The van der Waals surface area contributed by atoms with Gasteiger partial charge in [-0.15, -0.1) is 0 Å². The summed E-state index contributed by atoms with van der Waals surface area (Å²) in [5, 5.41) is 3.85. The molecule has 0 radical (unpaired) electrons. The molecule has 1 N–H and O–H groups in total. The number of halogens is 4. The summed E-state index contributed by atoms with van der Waals surface area (Å²) in [4.78, 5) is 29.5. The minimum Gasteiger partial charge on any atom is -0.352 e. The van der Waals surface area contributed by atoms with Crippen LogP contribution in [0.4, 0.5) is 5.69 Å². The molecule has 0 aromatic heterocycles. The van der Waals surface area contributed by atoms with Gasteiger partial charge >= 0.3 is 0 Å². The molecule has 0 saturated heterocycles. The Kier molecular flexibility index (Phi) is 11.1. The monoisotopic (exact) mass is 669 g/mol. The summed E-state index contributed by atoms with van der Waals surface area (Å²) in [5.41, 5.74) is 1.31. The highest BCUT2D eigenvalue weighted by molar-refractivity contribution is 7.92. The van der Waals surface area contributed by atoms with Gasteiger partial charge in [0.2, 0.25) is 21.8 Å². The van der Waals surface area contributed by atoms with Crippen molar-refractivity contribution in [1.29, 1.82) is 0 Å². The van der Waals surface area contributed by atoms with Crippen molar-refractivity contribution in [2.45, 2.75) is 50.7 Å². The number of hydrogen-bond acceptors (Lipinski definition) is 4. The maximum Gasteiger partial charge on any atom is 0.244 e. The first-order valence-corrected chi connectivity index (χ1v) is 16.8. The number of hydrogen-bond donors (Lipinski definition) is 1. The van der Waals surface area contributed by atoms with E-state index in [-0.39, 0.29) is 40.6 Å². The fourth-order valence-electron chi connectivity index (χ4n) is 5.06. The lowest BCUT2D eigenvalue weighted by Crippen LogP contribution is -2.54. The molecule has 0 aliphatic heterocycles. The van der Waals surface area contributed by atoms with E-state index in [1.807, 2.05) is 30.3 Å². The fraction of sp³-hybridized carbons (Fsp3) is 0.333. The van der Waals surface area contributed by atoms with Crippen LogP contribution in [0.25, 0.3) is 0 Å². The van der Waals surface area contributed by atoms with Gasteiger partial charge in [-0.25, -0.2) is 8.42 Å². The second-order valence-electron chi connectivity index (χ2n) is 10.3. The number of nitrogens with zero attached hydrogens (tertiary/aromatic N) is 2. The number of amides is 2. The van der Waals surface area contributed by atoms with Crippen molar-refractivity contribution in [2.24, 2.45) is 0 Å². The Labute approximate surface area is 266 Å². The van der Waals surface area contributed by atoms with Crippen LogP contribution in [0.3, 0.4) is 0 Å². The van der Waals surface area contributed by atoms with E-state index in [9.17, 15) is 18.0 Å². The SMILES string of the molecule is CS(=O)(=O)N(CC(=O)N(Cc1c(Cl)cccc1Cl)[C@@H](Cc1ccccc1)C(=O)NC1CCCC1)c1cccc(Cl)c1Cl. The number of sulfonamides is 1. The highest BCUT2D eigenvalue weighted by atomic mass is 35.5. The highest BCUT2D eigenvalue weighted by Gasteiger charge is 2.35. The number of nitrogens with one attached hydrogen (secondary N) is 1. The topological polar surface area (TPSA) is 86.8 Å². The summed E-state index contributed by atoms with van der Waals surface area (Å²) >= 11 is 25.6. The van der Waals surface area contributed by atoms with E-state index in [2.05, 4.69) is 5.32 Å². The molecule has 42 heavy (non-hydrogen) atoms. The molecule has 1 fully saturated rings. The second kappa shape index (κ2) is 14.3. The lowest BCUT2D eigenvalue weighted by Gasteiger charge is -2.34. The molecule has 7 nitrogen and oxygen atoms in total. The second-order valence-corrected chi connectivity index (χ2v) is 13.8. The normalized spacial score (nSPS) is 14.4. The van der Waals surface area contributed by atoms with E-state index < -0.39 is 28.5 Å². The smallest absolute Gasteiger partial charge is 0.244 e. The van der Waals surface area contributed by atoms with Crippen molar-refractivity contribution in [3.8, 4) is 0 Å². The Hall–Kier alpha value is -2.49. The fourth-order valence-corrected chi connectivity index (χ4v) is 6.87. The summed E-state index contributed by atoms with van der Waals surface area (Å²) in [5.74, 6) is -0.982. The average Bonchev–Trinajstić information content (AvgIpc) is 3.45. The first-order chi connectivity index (χ1) is 20.0. The Balaban J connectivity index is 1.78. The zero-order chi connectivity index (χ0) is 30.4. The first-order valence-electron chi connectivity index (χ1n) is 13.4. The summed E-state index contributed by atoms with van der Waals surface area (Å²) in [6, 6.07) is 17.8. The zero-order valence-electron chi connectivity index (χ0n) is 22.9. The van der Waals surface area contributed by atoms with Crippen molar-refractivity contribution in [1.82, 2.24) is 10.2 Å². The van der Waals surface area contributed by atoms with Crippen molar-refractivity contribution < 1.29 is 18.0 Å². The highest BCUT2D eigenvalue weighted by Crippen LogP contribution is 2.34. The summed E-state index contributed by atoms with van der Waals surface area (Å²) < 4.78 is 26.8. The quantitative estimate of drug-likeness (QED) is 0.244. The van der Waals surface area contributed by atoms with Crippen LogP contribution < -0.4 is 9.62 Å².